The summed E-state index contributed by atoms with van der Waals surface area (Å²) in [5.74, 6) is 1.17. The molecule has 0 radical (unpaired) electrons. The van der Waals surface area contributed by atoms with Crippen molar-refractivity contribution in [1.82, 2.24) is 4.90 Å². The van der Waals surface area contributed by atoms with Crippen molar-refractivity contribution in [2.45, 2.75) is 56.4 Å². The van der Waals surface area contributed by atoms with Gasteiger partial charge in [0.05, 0.1) is 0 Å². The van der Waals surface area contributed by atoms with Crippen molar-refractivity contribution in [2.24, 2.45) is 5.92 Å². The van der Waals surface area contributed by atoms with E-state index in [1.807, 2.05) is 6.07 Å². The second-order valence-corrected chi connectivity index (χ2v) is 7.48. The number of aliphatic hydroxyl groups is 1. The third-order valence-corrected chi connectivity index (χ3v) is 6.54. The Morgan fingerprint density at radius 2 is 2.09 bits per heavy atom. The molecule has 4 rings (SSSR count). The minimum atomic E-state index is 0. The van der Waals surface area contributed by atoms with Gasteiger partial charge in [0.15, 0.2) is 0 Å². The summed E-state index contributed by atoms with van der Waals surface area (Å²) < 4.78 is 0. The third kappa shape index (κ3) is 2.67. The maximum absolute atomic E-state index is 10.0. The first-order valence-electron chi connectivity index (χ1n) is 8.92. The van der Waals surface area contributed by atoms with Gasteiger partial charge < -0.3 is 10.2 Å². The van der Waals surface area contributed by atoms with Crippen LogP contribution in [0, 0.1) is 5.92 Å². The van der Waals surface area contributed by atoms with Crippen molar-refractivity contribution < 1.29 is 10.2 Å². The molecule has 1 heterocycles. The standard InChI is InChI=1S/C19H27NO2.ClH/c21-11-3-9-20-10-8-19-7-2-1-4-16(19)18(20)12-14-5-6-15(22)13-17(14)19;/h5-6,13,16,18,21-22H,1-4,7-12H2;1H/t16-,18+,19+;/m0./s1. The van der Waals surface area contributed by atoms with Crippen LogP contribution in [0.3, 0.4) is 0 Å². The fourth-order valence-corrected chi connectivity index (χ4v) is 5.62. The van der Waals surface area contributed by atoms with Gasteiger partial charge in [0.1, 0.15) is 5.75 Å². The van der Waals surface area contributed by atoms with Gasteiger partial charge in [-0.1, -0.05) is 18.9 Å². The molecule has 128 valence electrons. The molecule has 3 nitrogen and oxygen atoms in total. The Hall–Kier alpha value is -0.770. The van der Waals surface area contributed by atoms with E-state index in [9.17, 15) is 10.2 Å². The zero-order chi connectivity index (χ0) is 15.2. The summed E-state index contributed by atoms with van der Waals surface area (Å²) in [4.78, 5) is 2.64. The minimum absolute atomic E-state index is 0. The Kier molecular flexibility index (Phi) is 4.91. The number of halogens is 1. The van der Waals surface area contributed by atoms with E-state index in [0.717, 1.165) is 31.8 Å². The lowest BCUT2D eigenvalue weighted by atomic mass is 9.52. The molecular weight excluding hydrogens is 310 g/mol. The van der Waals surface area contributed by atoms with Gasteiger partial charge in [-0.2, -0.15) is 0 Å². The highest BCUT2D eigenvalue weighted by Crippen LogP contribution is 2.56. The Bertz CT molecular complexity index is 564. The summed E-state index contributed by atoms with van der Waals surface area (Å²) in [5, 5.41) is 19.2. The van der Waals surface area contributed by atoms with E-state index in [1.54, 1.807) is 0 Å². The van der Waals surface area contributed by atoms with Gasteiger partial charge in [0, 0.05) is 24.6 Å². The van der Waals surface area contributed by atoms with Crippen LogP contribution in [-0.2, 0) is 11.8 Å². The molecule has 3 atom stereocenters. The minimum Gasteiger partial charge on any atom is -0.508 e. The van der Waals surface area contributed by atoms with Crippen molar-refractivity contribution in [3.63, 3.8) is 0 Å². The average molecular weight is 338 g/mol. The molecule has 0 spiro atoms. The summed E-state index contributed by atoms with van der Waals surface area (Å²) in [5.41, 5.74) is 3.22. The molecule has 2 bridgehead atoms. The lowest BCUT2D eigenvalue weighted by Crippen LogP contribution is -2.61. The summed E-state index contributed by atoms with van der Waals surface area (Å²) >= 11 is 0. The molecule has 4 heteroatoms. The number of phenols is 1. The van der Waals surface area contributed by atoms with Crippen LogP contribution in [0.5, 0.6) is 5.75 Å². The zero-order valence-corrected chi connectivity index (χ0v) is 14.5. The Balaban J connectivity index is 0.00000156. The van der Waals surface area contributed by atoms with Crippen molar-refractivity contribution in [2.75, 3.05) is 19.7 Å². The topological polar surface area (TPSA) is 43.7 Å². The highest BCUT2D eigenvalue weighted by Gasteiger charge is 2.53. The quantitative estimate of drug-likeness (QED) is 0.889. The molecule has 2 N–H and O–H groups in total. The lowest BCUT2D eigenvalue weighted by Gasteiger charge is -2.59. The molecule has 2 aliphatic carbocycles. The maximum atomic E-state index is 10.0. The first-order chi connectivity index (χ1) is 10.7. The van der Waals surface area contributed by atoms with E-state index in [4.69, 9.17) is 0 Å². The van der Waals surface area contributed by atoms with Gasteiger partial charge >= 0.3 is 0 Å². The van der Waals surface area contributed by atoms with Crippen LogP contribution in [0.1, 0.15) is 49.7 Å². The number of aromatic hydroxyl groups is 1. The van der Waals surface area contributed by atoms with Gasteiger partial charge in [0.25, 0.3) is 0 Å². The molecular formula is C19H28ClNO2. The zero-order valence-electron chi connectivity index (χ0n) is 13.7. The van der Waals surface area contributed by atoms with Crippen LogP contribution >= 0.6 is 12.4 Å². The number of likely N-dealkylation sites (tertiary alicyclic amines) is 1. The summed E-state index contributed by atoms with van der Waals surface area (Å²) in [7, 11) is 0. The number of aliphatic hydroxyl groups excluding tert-OH is 1. The van der Waals surface area contributed by atoms with Gasteiger partial charge in [-0.15, -0.1) is 12.4 Å². The molecule has 3 aliphatic rings. The van der Waals surface area contributed by atoms with Crippen LogP contribution < -0.4 is 0 Å². The van der Waals surface area contributed by atoms with E-state index in [0.29, 0.717) is 23.8 Å². The van der Waals surface area contributed by atoms with Crippen LogP contribution in [0.25, 0.3) is 0 Å². The number of piperidine rings is 1. The fourth-order valence-electron chi connectivity index (χ4n) is 5.62. The third-order valence-electron chi connectivity index (χ3n) is 6.54. The molecule has 1 aromatic rings. The monoisotopic (exact) mass is 337 g/mol. The van der Waals surface area contributed by atoms with Crippen LogP contribution in [0.15, 0.2) is 18.2 Å². The maximum Gasteiger partial charge on any atom is 0.115 e. The molecule has 23 heavy (non-hydrogen) atoms. The van der Waals surface area contributed by atoms with E-state index in [1.165, 1.54) is 43.2 Å². The van der Waals surface area contributed by atoms with Crippen molar-refractivity contribution >= 4 is 12.4 Å². The predicted octanol–water partition coefficient (Wildman–Crippen LogP) is 3.25. The number of phenolic OH excluding ortho intramolecular Hbond substituents is 1. The number of benzene rings is 1. The smallest absolute Gasteiger partial charge is 0.115 e. The van der Waals surface area contributed by atoms with E-state index < -0.39 is 0 Å². The van der Waals surface area contributed by atoms with Crippen molar-refractivity contribution in [1.29, 1.82) is 0 Å². The fraction of sp³-hybridized carbons (Fsp3) is 0.684. The first kappa shape index (κ1) is 17.1. The van der Waals surface area contributed by atoms with E-state index >= 15 is 0 Å². The summed E-state index contributed by atoms with van der Waals surface area (Å²) in [6.45, 7) is 2.47. The lowest BCUT2D eigenvalue weighted by molar-refractivity contribution is -0.0134. The number of nitrogens with zero attached hydrogens (tertiary/aromatic N) is 1. The SMILES string of the molecule is Cl.OCCCN1CC[C@]23CCCC[C@H]2[C@H]1Cc1ccc(O)cc13. The second kappa shape index (κ2) is 6.62. The largest absolute Gasteiger partial charge is 0.508 e. The average Bonchev–Trinajstić information content (AvgIpc) is 2.55. The van der Waals surface area contributed by atoms with Crippen LogP contribution in [-0.4, -0.2) is 40.9 Å². The van der Waals surface area contributed by atoms with Crippen molar-refractivity contribution in [3.8, 4) is 5.75 Å². The molecule has 0 unspecified atom stereocenters. The van der Waals surface area contributed by atoms with Gasteiger partial charge in [0.2, 0.25) is 0 Å². The highest BCUT2D eigenvalue weighted by atomic mass is 35.5. The highest BCUT2D eigenvalue weighted by molar-refractivity contribution is 5.85. The number of rotatable bonds is 3. The molecule has 1 saturated heterocycles. The Morgan fingerprint density at radius 1 is 1.22 bits per heavy atom. The molecule has 0 aromatic heterocycles. The molecule has 1 saturated carbocycles. The molecule has 1 aliphatic heterocycles. The molecule has 0 amide bonds. The van der Waals surface area contributed by atoms with E-state index in [-0.39, 0.29) is 12.4 Å². The van der Waals surface area contributed by atoms with Crippen LogP contribution in [0.2, 0.25) is 0 Å². The first-order valence-corrected chi connectivity index (χ1v) is 8.92. The molecule has 2 fully saturated rings. The Morgan fingerprint density at radius 3 is 2.91 bits per heavy atom. The number of fused-ring (bicyclic) bond motifs is 1. The van der Waals surface area contributed by atoms with E-state index in [2.05, 4.69) is 17.0 Å². The predicted molar refractivity (Wildman–Crippen MR) is 94.4 cm³/mol. The van der Waals surface area contributed by atoms with Crippen molar-refractivity contribution in [3.05, 3.63) is 29.3 Å². The summed E-state index contributed by atoms with van der Waals surface area (Å²) in [6.07, 6.45) is 8.52. The Labute approximate surface area is 145 Å². The van der Waals surface area contributed by atoms with Gasteiger partial charge in [-0.3, -0.25) is 4.90 Å². The van der Waals surface area contributed by atoms with Gasteiger partial charge in [-0.05, 0) is 67.8 Å². The van der Waals surface area contributed by atoms with Crippen LogP contribution in [0.4, 0.5) is 0 Å². The number of hydrogen-bond acceptors (Lipinski definition) is 3. The molecule has 1 aromatic carbocycles. The van der Waals surface area contributed by atoms with Gasteiger partial charge in [-0.25, -0.2) is 0 Å². The summed E-state index contributed by atoms with van der Waals surface area (Å²) in [6, 6.07) is 6.71. The second-order valence-electron chi connectivity index (χ2n) is 7.48. The normalized spacial score (nSPS) is 32.6. The number of hydrogen-bond donors (Lipinski definition) is 2.